The Morgan fingerprint density at radius 1 is 1.09 bits per heavy atom. The molecule has 1 fully saturated rings. The van der Waals surface area contributed by atoms with Crippen LogP contribution in [0.5, 0.6) is 0 Å². The summed E-state index contributed by atoms with van der Waals surface area (Å²) in [4.78, 5) is 40.0. The summed E-state index contributed by atoms with van der Waals surface area (Å²) in [5.74, 6) is -2.96. The number of carboxylic acids is 1. The third-order valence-electron chi connectivity index (χ3n) is 6.19. The first kappa shape index (κ1) is 26.0. The number of piperidine rings is 1. The lowest BCUT2D eigenvalue weighted by atomic mass is 9.74. The molecule has 4 atom stereocenters. The molecule has 1 amide bonds. The molecule has 0 aromatic heterocycles. The molecule has 1 N–H and O–H groups in total. The first-order valence-corrected chi connectivity index (χ1v) is 12.2. The molecule has 1 saturated heterocycles. The molecular formula is C26H29Cl2NO5. The van der Waals surface area contributed by atoms with Crippen molar-refractivity contribution in [3.05, 3.63) is 69.7 Å². The van der Waals surface area contributed by atoms with E-state index in [0.29, 0.717) is 29.3 Å². The minimum Gasteiger partial charge on any atom is -0.481 e. The van der Waals surface area contributed by atoms with Crippen LogP contribution in [0.15, 0.2) is 48.5 Å². The lowest BCUT2D eigenvalue weighted by molar-refractivity contribution is -0.164. The van der Waals surface area contributed by atoms with Crippen molar-refractivity contribution in [3.63, 3.8) is 0 Å². The minimum atomic E-state index is -1.06. The Morgan fingerprint density at radius 3 is 2.38 bits per heavy atom. The predicted molar refractivity (Wildman–Crippen MR) is 131 cm³/mol. The van der Waals surface area contributed by atoms with Gasteiger partial charge in [0.25, 0.3) is 0 Å². The largest absolute Gasteiger partial charge is 0.481 e. The van der Waals surface area contributed by atoms with Crippen LogP contribution in [0.4, 0.5) is 0 Å². The van der Waals surface area contributed by atoms with E-state index in [0.717, 1.165) is 11.1 Å². The fraction of sp³-hybridized carbons (Fsp3) is 0.423. The number of rotatable bonds is 9. The molecule has 2 aromatic rings. The summed E-state index contributed by atoms with van der Waals surface area (Å²) < 4.78 is 5.35. The third-order valence-corrected chi connectivity index (χ3v) is 6.68. The van der Waals surface area contributed by atoms with Crippen molar-refractivity contribution in [1.82, 2.24) is 4.90 Å². The van der Waals surface area contributed by atoms with Gasteiger partial charge in [0, 0.05) is 21.9 Å². The number of ether oxygens (including phenoxy) is 1. The number of carbonyl (C=O) groups excluding carboxylic acids is 2. The van der Waals surface area contributed by atoms with Gasteiger partial charge < -0.3 is 14.7 Å². The van der Waals surface area contributed by atoms with E-state index >= 15 is 0 Å². The van der Waals surface area contributed by atoms with Crippen LogP contribution in [0, 0.1) is 5.92 Å². The van der Waals surface area contributed by atoms with E-state index in [1.165, 1.54) is 0 Å². The number of carbonyl (C=O) groups is 3. The van der Waals surface area contributed by atoms with Crippen molar-refractivity contribution in [2.24, 2.45) is 5.92 Å². The molecule has 3 rings (SSSR count). The molecule has 0 saturated carbocycles. The molecular weight excluding hydrogens is 477 g/mol. The van der Waals surface area contributed by atoms with Crippen LogP contribution < -0.4 is 0 Å². The lowest BCUT2D eigenvalue weighted by Gasteiger charge is -2.47. The number of hydrogen-bond acceptors (Lipinski definition) is 4. The second kappa shape index (κ2) is 11.7. The van der Waals surface area contributed by atoms with Crippen molar-refractivity contribution in [1.29, 1.82) is 0 Å². The number of hydrogen-bond donors (Lipinski definition) is 1. The Labute approximate surface area is 209 Å². The summed E-state index contributed by atoms with van der Waals surface area (Å²) in [5.41, 5.74) is 1.68. The number of aliphatic carboxylic acids is 1. The highest BCUT2D eigenvalue weighted by Gasteiger charge is 2.48. The van der Waals surface area contributed by atoms with Gasteiger partial charge in [0.05, 0.1) is 19.1 Å². The van der Waals surface area contributed by atoms with E-state index in [-0.39, 0.29) is 24.9 Å². The molecule has 1 heterocycles. The maximum absolute atomic E-state index is 13.8. The molecule has 34 heavy (non-hydrogen) atoms. The van der Waals surface area contributed by atoms with Gasteiger partial charge >= 0.3 is 11.9 Å². The van der Waals surface area contributed by atoms with E-state index in [1.807, 2.05) is 37.3 Å². The Morgan fingerprint density at radius 2 is 1.79 bits per heavy atom. The van der Waals surface area contributed by atoms with E-state index in [1.54, 1.807) is 30.0 Å². The molecule has 0 bridgehead atoms. The van der Waals surface area contributed by atoms with Crippen molar-refractivity contribution < 1.29 is 24.2 Å². The van der Waals surface area contributed by atoms with Gasteiger partial charge in [-0.15, -0.1) is 0 Å². The second-order valence-corrected chi connectivity index (χ2v) is 9.36. The van der Waals surface area contributed by atoms with E-state index in [4.69, 9.17) is 27.9 Å². The summed E-state index contributed by atoms with van der Waals surface area (Å²) in [6, 6.07) is 13.2. The van der Waals surface area contributed by atoms with Gasteiger partial charge in [-0.1, -0.05) is 60.8 Å². The monoisotopic (exact) mass is 505 g/mol. The number of halogens is 2. The highest BCUT2D eigenvalue weighted by molar-refractivity contribution is 6.30. The summed E-state index contributed by atoms with van der Waals surface area (Å²) in [5, 5.41) is 10.6. The highest BCUT2D eigenvalue weighted by Crippen LogP contribution is 2.47. The van der Waals surface area contributed by atoms with Crippen LogP contribution in [0.25, 0.3) is 0 Å². The summed E-state index contributed by atoms with van der Waals surface area (Å²) in [6.07, 6.45) is 1.04. The number of amides is 1. The topological polar surface area (TPSA) is 83.9 Å². The van der Waals surface area contributed by atoms with Gasteiger partial charge in [0.15, 0.2) is 0 Å². The van der Waals surface area contributed by atoms with Crippen molar-refractivity contribution in [2.45, 2.75) is 57.5 Å². The highest BCUT2D eigenvalue weighted by atomic mass is 35.5. The molecule has 2 aromatic carbocycles. The molecule has 1 aliphatic rings. The maximum Gasteiger partial charge on any atom is 0.328 e. The van der Waals surface area contributed by atoms with Crippen LogP contribution in [-0.2, 0) is 19.1 Å². The second-order valence-electron chi connectivity index (χ2n) is 8.49. The average molecular weight is 506 g/mol. The normalized spacial score (nSPS) is 21.2. The van der Waals surface area contributed by atoms with Gasteiger partial charge in [0.1, 0.15) is 6.04 Å². The number of benzene rings is 2. The standard InChI is InChI=1S/C26H29Cl2NO5/c1-3-6-22(26(33)34-4-2)29-24(16-9-11-19(27)12-10-16)21(17-7-5-8-20(28)13-17)14-18(25(29)32)15-23(30)31/h5,7-13,18,21-22,24H,3-4,6,14-15H2,1-2H3,(H,30,31)/t18-,21-,22+,24-/m0/s1. The SMILES string of the molecule is CCC[C@H](C(=O)OCC)N1C(=O)[C@H](CC(=O)O)C[C@@H](c2cccc(Cl)c2)[C@@H]1c1ccc(Cl)cc1. The van der Waals surface area contributed by atoms with Crippen LogP contribution in [0.2, 0.25) is 10.0 Å². The zero-order valence-electron chi connectivity index (χ0n) is 19.2. The fourth-order valence-electron chi connectivity index (χ4n) is 4.80. The Kier molecular flexibility index (Phi) is 8.97. The first-order chi connectivity index (χ1) is 16.3. The Balaban J connectivity index is 2.21. The fourth-order valence-corrected chi connectivity index (χ4v) is 5.12. The minimum absolute atomic E-state index is 0.183. The van der Waals surface area contributed by atoms with Gasteiger partial charge in [-0.25, -0.2) is 4.79 Å². The van der Waals surface area contributed by atoms with Crippen LogP contribution in [0.1, 0.15) is 62.6 Å². The molecule has 8 heteroatoms. The predicted octanol–water partition coefficient (Wildman–Crippen LogP) is 5.87. The summed E-state index contributed by atoms with van der Waals surface area (Å²) >= 11 is 12.4. The number of carboxylic acid groups (broad SMARTS) is 1. The molecule has 0 radical (unpaired) electrons. The zero-order valence-corrected chi connectivity index (χ0v) is 20.8. The van der Waals surface area contributed by atoms with Crippen LogP contribution >= 0.6 is 23.2 Å². The van der Waals surface area contributed by atoms with Crippen LogP contribution in [0.3, 0.4) is 0 Å². The van der Waals surface area contributed by atoms with E-state index < -0.39 is 29.9 Å². The molecule has 0 unspecified atom stereocenters. The smallest absolute Gasteiger partial charge is 0.328 e. The maximum atomic E-state index is 13.8. The van der Waals surface area contributed by atoms with Crippen LogP contribution in [-0.4, -0.2) is 40.5 Å². The van der Waals surface area contributed by atoms with Gasteiger partial charge in [-0.05, 0) is 55.2 Å². The van der Waals surface area contributed by atoms with Crippen molar-refractivity contribution in [2.75, 3.05) is 6.61 Å². The molecule has 0 spiro atoms. The van der Waals surface area contributed by atoms with Crippen molar-refractivity contribution in [3.8, 4) is 0 Å². The average Bonchev–Trinajstić information content (AvgIpc) is 2.79. The summed E-state index contributed by atoms with van der Waals surface area (Å²) in [7, 11) is 0. The van der Waals surface area contributed by atoms with E-state index in [9.17, 15) is 19.5 Å². The number of esters is 1. The Bertz CT molecular complexity index is 1030. The third kappa shape index (κ3) is 5.91. The molecule has 1 aliphatic heterocycles. The summed E-state index contributed by atoms with van der Waals surface area (Å²) in [6.45, 7) is 3.84. The first-order valence-electron chi connectivity index (χ1n) is 11.5. The zero-order chi connectivity index (χ0) is 24.8. The molecule has 6 nitrogen and oxygen atoms in total. The number of likely N-dealkylation sites (tertiary alicyclic amines) is 1. The Hall–Kier alpha value is -2.57. The molecule has 182 valence electrons. The van der Waals surface area contributed by atoms with E-state index in [2.05, 4.69) is 0 Å². The number of nitrogens with zero attached hydrogens (tertiary/aromatic N) is 1. The quantitative estimate of drug-likeness (QED) is 0.430. The lowest BCUT2D eigenvalue weighted by Crippen LogP contribution is -2.54. The van der Waals surface area contributed by atoms with Gasteiger partial charge in [0.2, 0.25) is 5.91 Å². The molecule has 0 aliphatic carbocycles. The van der Waals surface area contributed by atoms with Gasteiger partial charge in [-0.2, -0.15) is 0 Å². The van der Waals surface area contributed by atoms with Gasteiger partial charge in [-0.3, -0.25) is 9.59 Å². The van der Waals surface area contributed by atoms with Crippen molar-refractivity contribution >= 4 is 41.0 Å².